The Hall–Kier alpha value is -0.520. The molecular formula is C15H26. The van der Waals surface area contributed by atoms with Crippen molar-refractivity contribution in [2.24, 2.45) is 23.7 Å². The molecule has 0 saturated heterocycles. The summed E-state index contributed by atoms with van der Waals surface area (Å²) < 4.78 is 0. The minimum atomic E-state index is 0.551. The summed E-state index contributed by atoms with van der Waals surface area (Å²) in [4.78, 5) is 0. The number of allylic oxidation sites excluding steroid dienone is 2. The average Bonchev–Trinajstić information content (AvgIpc) is 2.15. The number of hydrogen-bond acceptors (Lipinski definition) is 0. The van der Waals surface area contributed by atoms with E-state index >= 15 is 0 Å². The summed E-state index contributed by atoms with van der Waals surface area (Å²) in [5, 5.41) is 0. The molecule has 1 aliphatic carbocycles. The van der Waals surface area contributed by atoms with E-state index < -0.39 is 0 Å². The van der Waals surface area contributed by atoms with Gasteiger partial charge in [0, 0.05) is 0 Å². The van der Waals surface area contributed by atoms with Gasteiger partial charge in [-0.05, 0) is 36.5 Å². The fraction of sp³-hybridized carbons (Fsp3) is 0.733. The van der Waals surface area contributed by atoms with Crippen molar-refractivity contribution in [1.29, 1.82) is 0 Å². The van der Waals surface area contributed by atoms with Crippen molar-refractivity contribution in [2.75, 3.05) is 0 Å². The molecule has 0 heteroatoms. The maximum Gasteiger partial charge on any atom is -0.0222 e. The molecule has 0 nitrogen and oxygen atoms in total. The van der Waals surface area contributed by atoms with Gasteiger partial charge in [0.2, 0.25) is 0 Å². The SMILES string of the molecule is C=C(CC1CC(C)C1CC)C(=C)C(C)C. The molecule has 0 aliphatic heterocycles. The molecule has 0 radical (unpaired) electrons. The molecule has 0 bridgehead atoms. The molecule has 1 saturated carbocycles. The molecule has 0 aromatic heterocycles. The van der Waals surface area contributed by atoms with Crippen LogP contribution < -0.4 is 0 Å². The first-order chi connectivity index (χ1) is 6.97. The highest BCUT2D eigenvalue weighted by molar-refractivity contribution is 5.27. The van der Waals surface area contributed by atoms with E-state index in [0.29, 0.717) is 5.92 Å². The van der Waals surface area contributed by atoms with Crippen molar-refractivity contribution < 1.29 is 0 Å². The number of rotatable bonds is 5. The molecule has 1 aliphatic rings. The highest BCUT2D eigenvalue weighted by atomic mass is 14.4. The lowest BCUT2D eigenvalue weighted by atomic mass is 9.62. The standard InChI is InChI=1S/C15H26/c1-7-15-12(5)9-14(15)8-11(4)13(6)10(2)3/h10,12,14-15H,4,6-9H2,1-3,5H3. The Labute approximate surface area is 95.5 Å². The van der Waals surface area contributed by atoms with Gasteiger partial charge in [-0.2, -0.15) is 0 Å². The summed E-state index contributed by atoms with van der Waals surface area (Å²) in [6, 6.07) is 0. The zero-order chi connectivity index (χ0) is 11.6. The van der Waals surface area contributed by atoms with E-state index in [1.54, 1.807) is 0 Å². The van der Waals surface area contributed by atoms with Gasteiger partial charge in [-0.3, -0.25) is 0 Å². The number of hydrogen-bond donors (Lipinski definition) is 0. The van der Waals surface area contributed by atoms with Gasteiger partial charge in [0.1, 0.15) is 0 Å². The molecule has 3 unspecified atom stereocenters. The van der Waals surface area contributed by atoms with E-state index in [4.69, 9.17) is 0 Å². The van der Waals surface area contributed by atoms with Gasteiger partial charge >= 0.3 is 0 Å². The Morgan fingerprint density at radius 1 is 1.33 bits per heavy atom. The first-order valence-electron chi connectivity index (χ1n) is 6.34. The summed E-state index contributed by atoms with van der Waals surface area (Å²) in [6.45, 7) is 17.4. The summed E-state index contributed by atoms with van der Waals surface area (Å²) in [6.07, 6.45) is 3.90. The third-order valence-corrected chi connectivity index (χ3v) is 4.14. The van der Waals surface area contributed by atoms with Crippen LogP contribution in [-0.2, 0) is 0 Å². The van der Waals surface area contributed by atoms with Crippen LogP contribution in [0.3, 0.4) is 0 Å². The van der Waals surface area contributed by atoms with Gasteiger partial charge < -0.3 is 0 Å². The molecule has 0 aromatic rings. The molecule has 0 amide bonds. The van der Waals surface area contributed by atoms with Crippen LogP contribution in [0.15, 0.2) is 24.3 Å². The second-order valence-corrected chi connectivity index (χ2v) is 5.53. The summed E-state index contributed by atoms with van der Waals surface area (Å²) in [5.74, 6) is 3.30. The lowest BCUT2D eigenvalue weighted by Gasteiger charge is -2.43. The fourth-order valence-electron chi connectivity index (χ4n) is 2.92. The second kappa shape index (κ2) is 5.01. The predicted molar refractivity (Wildman–Crippen MR) is 68.8 cm³/mol. The minimum Gasteiger partial charge on any atom is -0.0956 e. The van der Waals surface area contributed by atoms with Crippen molar-refractivity contribution in [3.8, 4) is 0 Å². The predicted octanol–water partition coefficient (Wildman–Crippen LogP) is 4.83. The Balaban J connectivity index is 2.43. The molecule has 1 rings (SSSR count). The highest BCUT2D eigenvalue weighted by Gasteiger charge is 2.36. The Kier molecular flexibility index (Phi) is 4.19. The Bertz CT molecular complexity index is 247. The normalized spacial score (nSPS) is 30.1. The third-order valence-electron chi connectivity index (χ3n) is 4.14. The summed E-state index contributed by atoms with van der Waals surface area (Å²) in [7, 11) is 0. The van der Waals surface area contributed by atoms with Gasteiger partial charge in [-0.1, -0.05) is 58.4 Å². The van der Waals surface area contributed by atoms with Gasteiger partial charge in [0.15, 0.2) is 0 Å². The molecule has 86 valence electrons. The monoisotopic (exact) mass is 206 g/mol. The van der Waals surface area contributed by atoms with E-state index in [1.807, 2.05) is 0 Å². The molecule has 0 N–H and O–H groups in total. The van der Waals surface area contributed by atoms with Crippen molar-refractivity contribution in [1.82, 2.24) is 0 Å². The van der Waals surface area contributed by atoms with Crippen molar-refractivity contribution in [2.45, 2.75) is 47.0 Å². The van der Waals surface area contributed by atoms with E-state index in [-0.39, 0.29) is 0 Å². The first kappa shape index (κ1) is 12.5. The van der Waals surface area contributed by atoms with E-state index in [1.165, 1.54) is 30.4 Å². The van der Waals surface area contributed by atoms with Crippen LogP contribution >= 0.6 is 0 Å². The van der Waals surface area contributed by atoms with Gasteiger partial charge in [-0.15, -0.1) is 0 Å². The van der Waals surface area contributed by atoms with Crippen LogP contribution in [0.5, 0.6) is 0 Å². The van der Waals surface area contributed by atoms with Crippen molar-refractivity contribution in [3.05, 3.63) is 24.3 Å². The molecule has 0 heterocycles. The molecule has 3 atom stereocenters. The highest BCUT2D eigenvalue weighted by Crippen LogP contribution is 2.46. The van der Waals surface area contributed by atoms with Gasteiger partial charge in [0.05, 0.1) is 0 Å². The minimum absolute atomic E-state index is 0.551. The fourth-order valence-corrected chi connectivity index (χ4v) is 2.92. The maximum absolute atomic E-state index is 4.19. The van der Waals surface area contributed by atoms with Crippen LogP contribution in [0.25, 0.3) is 0 Å². The van der Waals surface area contributed by atoms with Crippen LogP contribution in [0, 0.1) is 23.7 Å². The Morgan fingerprint density at radius 2 is 1.93 bits per heavy atom. The zero-order valence-corrected chi connectivity index (χ0v) is 10.8. The topological polar surface area (TPSA) is 0 Å². The smallest absolute Gasteiger partial charge is 0.0222 e. The lowest BCUT2D eigenvalue weighted by molar-refractivity contribution is 0.0824. The summed E-state index contributed by atoms with van der Waals surface area (Å²) >= 11 is 0. The lowest BCUT2D eigenvalue weighted by Crippen LogP contribution is -2.34. The first-order valence-corrected chi connectivity index (χ1v) is 6.34. The van der Waals surface area contributed by atoms with E-state index in [0.717, 1.165) is 17.8 Å². The quantitative estimate of drug-likeness (QED) is 0.565. The molecule has 0 aromatic carbocycles. The van der Waals surface area contributed by atoms with Gasteiger partial charge in [0.25, 0.3) is 0 Å². The van der Waals surface area contributed by atoms with E-state index in [2.05, 4.69) is 40.9 Å². The van der Waals surface area contributed by atoms with Crippen LogP contribution in [-0.4, -0.2) is 0 Å². The molecule has 0 spiro atoms. The Morgan fingerprint density at radius 3 is 2.33 bits per heavy atom. The molecule has 1 fully saturated rings. The van der Waals surface area contributed by atoms with Crippen LogP contribution in [0.1, 0.15) is 47.0 Å². The van der Waals surface area contributed by atoms with Crippen LogP contribution in [0.4, 0.5) is 0 Å². The van der Waals surface area contributed by atoms with E-state index in [9.17, 15) is 0 Å². The van der Waals surface area contributed by atoms with Crippen molar-refractivity contribution in [3.63, 3.8) is 0 Å². The largest absolute Gasteiger partial charge is 0.0956 e. The summed E-state index contributed by atoms with van der Waals surface area (Å²) in [5.41, 5.74) is 2.55. The average molecular weight is 206 g/mol. The third kappa shape index (κ3) is 2.74. The zero-order valence-electron chi connectivity index (χ0n) is 10.8. The van der Waals surface area contributed by atoms with Gasteiger partial charge in [-0.25, -0.2) is 0 Å². The second-order valence-electron chi connectivity index (χ2n) is 5.53. The maximum atomic E-state index is 4.19. The van der Waals surface area contributed by atoms with Crippen LogP contribution in [0.2, 0.25) is 0 Å². The molecule has 15 heavy (non-hydrogen) atoms. The molecular weight excluding hydrogens is 180 g/mol. The van der Waals surface area contributed by atoms with Crippen molar-refractivity contribution >= 4 is 0 Å².